The summed E-state index contributed by atoms with van der Waals surface area (Å²) in [6.07, 6.45) is 0. The fraction of sp³-hybridized carbons (Fsp3) is 0.107. The fourth-order valence-corrected chi connectivity index (χ4v) is 3.32. The number of halogens is 1. The predicted molar refractivity (Wildman–Crippen MR) is 126 cm³/mol. The second-order valence-corrected chi connectivity index (χ2v) is 7.52. The molecule has 4 rings (SSSR count). The highest BCUT2D eigenvalue weighted by Crippen LogP contribution is 2.43. The van der Waals surface area contributed by atoms with Gasteiger partial charge in [0.05, 0.1) is 0 Å². The van der Waals surface area contributed by atoms with Crippen LogP contribution in [0.5, 0.6) is 17.2 Å². The van der Waals surface area contributed by atoms with E-state index >= 15 is 4.39 Å². The second kappa shape index (κ2) is 11.0. The first kappa shape index (κ1) is 22.9. The van der Waals surface area contributed by atoms with Crippen molar-refractivity contribution in [3.8, 4) is 17.2 Å². The van der Waals surface area contributed by atoms with Crippen molar-refractivity contribution in [2.75, 3.05) is 0 Å². The molecule has 0 radical (unpaired) electrons. The van der Waals surface area contributed by atoms with Gasteiger partial charge in [-0.15, -0.1) is 0 Å². The highest BCUT2D eigenvalue weighted by Gasteiger charge is 2.26. The molecule has 34 heavy (non-hydrogen) atoms. The van der Waals surface area contributed by atoms with Gasteiger partial charge in [-0.05, 0) is 16.7 Å². The molecule has 4 aromatic carbocycles. The standard InChI is InChI=1S/C28H23FO5/c29-25-23(28(30)31)16-24(32-17-20-10-4-1-5-11-20)26(33-18-21-12-6-2-7-13-21)27(25)34-19-22-14-8-3-9-15-22/h1-16H,17-19H2,(H,30,31). The maximum Gasteiger partial charge on any atom is 0.338 e. The van der Waals surface area contributed by atoms with Gasteiger partial charge < -0.3 is 19.3 Å². The summed E-state index contributed by atoms with van der Waals surface area (Å²) in [7, 11) is 0. The molecular formula is C28H23FO5. The van der Waals surface area contributed by atoms with Crippen LogP contribution in [0, 0.1) is 5.82 Å². The zero-order valence-electron chi connectivity index (χ0n) is 18.3. The number of hydrogen-bond donors (Lipinski definition) is 1. The molecule has 0 aliphatic heterocycles. The Balaban J connectivity index is 1.71. The molecule has 0 saturated carbocycles. The molecule has 0 aromatic heterocycles. The predicted octanol–water partition coefficient (Wildman–Crippen LogP) is 6.26. The molecule has 0 aliphatic carbocycles. The molecule has 0 aliphatic rings. The molecule has 1 N–H and O–H groups in total. The van der Waals surface area contributed by atoms with Crippen LogP contribution >= 0.6 is 0 Å². The van der Waals surface area contributed by atoms with Gasteiger partial charge in [0.15, 0.2) is 11.6 Å². The lowest BCUT2D eigenvalue weighted by atomic mass is 10.1. The van der Waals surface area contributed by atoms with E-state index in [1.807, 2.05) is 91.0 Å². The van der Waals surface area contributed by atoms with Gasteiger partial charge in [0.2, 0.25) is 11.5 Å². The molecule has 0 saturated heterocycles. The molecule has 6 heteroatoms. The Morgan fingerprint density at radius 1 is 0.647 bits per heavy atom. The van der Waals surface area contributed by atoms with Crippen molar-refractivity contribution in [3.05, 3.63) is 125 Å². The van der Waals surface area contributed by atoms with E-state index in [9.17, 15) is 9.90 Å². The van der Waals surface area contributed by atoms with Gasteiger partial charge in [0.1, 0.15) is 25.4 Å². The summed E-state index contributed by atoms with van der Waals surface area (Å²) in [5, 5.41) is 9.59. The highest BCUT2D eigenvalue weighted by molar-refractivity contribution is 5.90. The van der Waals surface area contributed by atoms with Crippen molar-refractivity contribution in [3.63, 3.8) is 0 Å². The van der Waals surface area contributed by atoms with Gasteiger partial charge in [0, 0.05) is 6.07 Å². The SMILES string of the molecule is O=C(O)c1cc(OCc2ccccc2)c(OCc2ccccc2)c(OCc2ccccc2)c1F. The number of benzene rings is 4. The first-order chi connectivity index (χ1) is 16.6. The van der Waals surface area contributed by atoms with Crippen molar-refractivity contribution >= 4 is 5.97 Å². The molecule has 0 fully saturated rings. The van der Waals surface area contributed by atoms with Gasteiger partial charge in [-0.2, -0.15) is 0 Å². The lowest BCUT2D eigenvalue weighted by molar-refractivity contribution is 0.0689. The molecule has 0 atom stereocenters. The number of hydrogen-bond acceptors (Lipinski definition) is 4. The van der Waals surface area contributed by atoms with E-state index in [1.165, 1.54) is 0 Å². The van der Waals surface area contributed by atoms with Crippen LogP contribution in [0.1, 0.15) is 27.0 Å². The first-order valence-corrected chi connectivity index (χ1v) is 10.7. The van der Waals surface area contributed by atoms with E-state index in [2.05, 4.69) is 0 Å². The van der Waals surface area contributed by atoms with Crippen molar-refractivity contribution < 1.29 is 28.5 Å². The first-order valence-electron chi connectivity index (χ1n) is 10.7. The zero-order chi connectivity index (χ0) is 23.8. The Kier molecular flexibility index (Phi) is 7.40. The monoisotopic (exact) mass is 458 g/mol. The number of carboxylic acid groups (broad SMARTS) is 1. The zero-order valence-corrected chi connectivity index (χ0v) is 18.3. The van der Waals surface area contributed by atoms with E-state index in [4.69, 9.17) is 14.2 Å². The smallest absolute Gasteiger partial charge is 0.338 e. The van der Waals surface area contributed by atoms with Gasteiger partial charge >= 0.3 is 5.97 Å². The normalized spacial score (nSPS) is 10.5. The quantitative estimate of drug-likeness (QED) is 0.304. The Labute approximate surface area is 197 Å². The van der Waals surface area contributed by atoms with E-state index in [0.717, 1.165) is 22.8 Å². The Bertz CT molecular complexity index is 1230. The van der Waals surface area contributed by atoms with Gasteiger partial charge in [-0.25, -0.2) is 9.18 Å². The van der Waals surface area contributed by atoms with Gasteiger partial charge in [-0.1, -0.05) is 91.0 Å². The van der Waals surface area contributed by atoms with Crippen LogP contribution in [0.3, 0.4) is 0 Å². The molecule has 172 valence electrons. The average Bonchev–Trinajstić information content (AvgIpc) is 2.87. The topological polar surface area (TPSA) is 65.0 Å². The average molecular weight is 458 g/mol. The minimum Gasteiger partial charge on any atom is -0.485 e. The van der Waals surface area contributed by atoms with Gasteiger partial charge in [0.25, 0.3) is 0 Å². The van der Waals surface area contributed by atoms with E-state index in [1.54, 1.807) is 0 Å². The molecule has 0 unspecified atom stereocenters. The van der Waals surface area contributed by atoms with Gasteiger partial charge in [-0.3, -0.25) is 0 Å². The Morgan fingerprint density at radius 3 is 1.50 bits per heavy atom. The van der Waals surface area contributed by atoms with E-state index in [0.29, 0.717) is 0 Å². The maximum absolute atomic E-state index is 15.3. The summed E-state index contributed by atoms with van der Waals surface area (Å²) in [5.74, 6) is -2.65. The van der Waals surface area contributed by atoms with Crippen LogP contribution in [0.4, 0.5) is 4.39 Å². The largest absolute Gasteiger partial charge is 0.485 e. The van der Waals surface area contributed by atoms with Crippen LogP contribution in [0.2, 0.25) is 0 Å². The van der Waals surface area contributed by atoms with Crippen LogP contribution in [0.25, 0.3) is 0 Å². The fourth-order valence-electron chi connectivity index (χ4n) is 3.32. The third-order valence-corrected chi connectivity index (χ3v) is 5.06. The Hall–Kier alpha value is -4.32. The van der Waals surface area contributed by atoms with E-state index in [-0.39, 0.29) is 37.1 Å². The summed E-state index contributed by atoms with van der Waals surface area (Å²) < 4.78 is 33.0. The summed E-state index contributed by atoms with van der Waals surface area (Å²) in [4.78, 5) is 11.8. The molecule has 0 spiro atoms. The highest BCUT2D eigenvalue weighted by atomic mass is 19.1. The van der Waals surface area contributed by atoms with Crippen LogP contribution in [-0.2, 0) is 19.8 Å². The van der Waals surface area contributed by atoms with Crippen LogP contribution in [0.15, 0.2) is 97.1 Å². The summed E-state index contributed by atoms with van der Waals surface area (Å²) in [6, 6.07) is 29.1. The third kappa shape index (κ3) is 5.72. The molecule has 4 aromatic rings. The van der Waals surface area contributed by atoms with Crippen molar-refractivity contribution in [1.82, 2.24) is 0 Å². The number of carboxylic acids is 1. The lowest BCUT2D eigenvalue weighted by Gasteiger charge is -2.19. The van der Waals surface area contributed by atoms with E-state index < -0.39 is 17.3 Å². The molecular weight excluding hydrogens is 435 g/mol. The summed E-state index contributed by atoms with van der Waals surface area (Å²) in [6.45, 7) is 0.294. The van der Waals surface area contributed by atoms with Crippen LogP contribution in [-0.4, -0.2) is 11.1 Å². The number of rotatable bonds is 10. The number of carbonyl (C=O) groups is 1. The molecule has 0 heterocycles. The van der Waals surface area contributed by atoms with Crippen LogP contribution < -0.4 is 14.2 Å². The summed E-state index contributed by atoms with van der Waals surface area (Å²) in [5.41, 5.74) is 1.96. The third-order valence-electron chi connectivity index (χ3n) is 5.06. The number of ether oxygens (including phenoxy) is 3. The maximum atomic E-state index is 15.3. The molecule has 0 bridgehead atoms. The molecule has 0 amide bonds. The second-order valence-electron chi connectivity index (χ2n) is 7.52. The summed E-state index contributed by atoms with van der Waals surface area (Å²) >= 11 is 0. The van der Waals surface area contributed by atoms with Crippen molar-refractivity contribution in [1.29, 1.82) is 0 Å². The molecule has 5 nitrogen and oxygen atoms in total. The minimum atomic E-state index is -1.43. The van der Waals surface area contributed by atoms with Crippen molar-refractivity contribution in [2.45, 2.75) is 19.8 Å². The Morgan fingerprint density at radius 2 is 1.06 bits per heavy atom. The minimum absolute atomic E-state index is 0.0122. The lowest BCUT2D eigenvalue weighted by Crippen LogP contribution is -2.10. The van der Waals surface area contributed by atoms with Crippen molar-refractivity contribution in [2.24, 2.45) is 0 Å². The number of aromatic carboxylic acids is 1.